The van der Waals surface area contributed by atoms with Gasteiger partial charge in [0.1, 0.15) is 5.82 Å². The van der Waals surface area contributed by atoms with Crippen molar-refractivity contribution in [1.29, 1.82) is 0 Å². The van der Waals surface area contributed by atoms with Gasteiger partial charge in [-0.1, -0.05) is 49.2 Å². The van der Waals surface area contributed by atoms with E-state index in [1.54, 1.807) is 24.0 Å². The Bertz CT molecular complexity index is 1470. The van der Waals surface area contributed by atoms with Crippen molar-refractivity contribution in [1.82, 2.24) is 4.90 Å². The molecule has 0 aromatic heterocycles. The number of benzene rings is 3. The van der Waals surface area contributed by atoms with Crippen molar-refractivity contribution in [2.24, 2.45) is 5.92 Å². The third kappa shape index (κ3) is 5.52. The Morgan fingerprint density at radius 1 is 0.902 bits per heavy atom. The van der Waals surface area contributed by atoms with Crippen LogP contribution in [0.5, 0.6) is 0 Å². The zero-order valence-corrected chi connectivity index (χ0v) is 23.9. The van der Waals surface area contributed by atoms with Crippen LogP contribution in [0.25, 0.3) is 5.57 Å². The van der Waals surface area contributed by atoms with Crippen molar-refractivity contribution in [3.63, 3.8) is 0 Å². The fourth-order valence-electron chi connectivity index (χ4n) is 6.85. The molecule has 2 aliphatic carbocycles. The summed E-state index contributed by atoms with van der Waals surface area (Å²) in [5.41, 5.74) is 7.01. The lowest BCUT2D eigenvalue weighted by Crippen LogP contribution is -2.46. The van der Waals surface area contributed by atoms with Gasteiger partial charge in [0.05, 0.1) is 17.5 Å². The number of rotatable bonds is 6. The molecule has 3 aromatic rings. The number of aryl methyl sites for hydroxylation is 1. The van der Waals surface area contributed by atoms with Crippen LogP contribution in [-0.2, 0) is 11.2 Å². The summed E-state index contributed by atoms with van der Waals surface area (Å²) in [6.07, 6.45) is 9.28. The molecule has 0 bridgehead atoms. The van der Waals surface area contributed by atoms with Gasteiger partial charge in [-0.2, -0.15) is 0 Å². The third-order valence-corrected chi connectivity index (χ3v) is 9.07. The lowest BCUT2D eigenvalue weighted by Gasteiger charge is -2.41. The maximum atomic E-state index is 15.0. The zero-order chi connectivity index (χ0) is 28.5. The van der Waals surface area contributed by atoms with E-state index in [2.05, 4.69) is 29.7 Å². The second kappa shape index (κ2) is 11.5. The van der Waals surface area contributed by atoms with Crippen molar-refractivity contribution in [3.05, 3.63) is 100 Å². The molecule has 3 aromatic carbocycles. The number of carbonyl (C=O) groups is 2. The first-order valence-corrected chi connectivity index (χ1v) is 14.9. The normalized spacial score (nSPS) is 20.5. The summed E-state index contributed by atoms with van der Waals surface area (Å²) in [7, 11) is 0. The van der Waals surface area contributed by atoms with Gasteiger partial charge in [0, 0.05) is 24.0 Å². The van der Waals surface area contributed by atoms with E-state index in [4.69, 9.17) is 0 Å². The van der Waals surface area contributed by atoms with Crippen LogP contribution in [0.1, 0.15) is 84.1 Å². The molecule has 2 atom stereocenters. The second-order valence-electron chi connectivity index (χ2n) is 11.8. The Balaban J connectivity index is 1.32. The molecule has 212 valence electrons. The minimum absolute atomic E-state index is 0.0824. The molecule has 6 heteroatoms. The highest BCUT2D eigenvalue weighted by atomic mass is 19.1. The number of fused-ring (bicyclic) bond motifs is 1. The first kappa shape index (κ1) is 27.3. The summed E-state index contributed by atoms with van der Waals surface area (Å²) in [6, 6.07) is 18.9. The van der Waals surface area contributed by atoms with E-state index in [0.717, 1.165) is 23.4 Å². The number of carbonyl (C=O) groups excluding carboxylic acids is 2. The molecule has 0 radical (unpaired) electrons. The smallest absolute Gasteiger partial charge is 0.257 e. The summed E-state index contributed by atoms with van der Waals surface area (Å²) < 4.78 is 15.0. The lowest BCUT2D eigenvalue weighted by molar-refractivity contribution is -0.123. The molecule has 41 heavy (non-hydrogen) atoms. The highest BCUT2D eigenvalue weighted by molar-refractivity contribution is 5.98. The van der Waals surface area contributed by atoms with Gasteiger partial charge in [-0.05, 0) is 104 Å². The van der Waals surface area contributed by atoms with Gasteiger partial charge in [0.15, 0.2) is 0 Å². The molecule has 1 saturated heterocycles. The fraction of sp³-hybridized carbons (Fsp3) is 0.371. The van der Waals surface area contributed by atoms with Gasteiger partial charge < -0.3 is 15.5 Å². The monoisotopic (exact) mass is 551 g/mol. The number of nitrogens with one attached hydrogen (secondary N) is 2. The summed E-state index contributed by atoms with van der Waals surface area (Å²) in [5, 5.41) is 6.78. The molecule has 3 aliphatic rings. The van der Waals surface area contributed by atoms with Crippen LogP contribution < -0.4 is 10.6 Å². The molecule has 6 rings (SSSR count). The minimum atomic E-state index is -0.530. The molecular formula is C35H38FN3O2. The molecule has 2 amide bonds. The summed E-state index contributed by atoms with van der Waals surface area (Å²) >= 11 is 0. The lowest BCUT2D eigenvalue weighted by atomic mass is 9.83. The Kier molecular flexibility index (Phi) is 7.65. The highest BCUT2D eigenvalue weighted by Crippen LogP contribution is 2.39. The predicted octanol–water partition coefficient (Wildman–Crippen LogP) is 7.68. The average molecular weight is 552 g/mol. The van der Waals surface area contributed by atoms with Crippen LogP contribution in [0.4, 0.5) is 15.8 Å². The summed E-state index contributed by atoms with van der Waals surface area (Å²) in [6.45, 7) is 4.31. The van der Waals surface area contributed by atoms with Gasteiger partial charge in [-0.15, -0.1) is 0 Å². The molecule has 1 heterocycles. The number of allylic oxidation sites excluding steroid dienone is 2. The zero-order valence-electron chi connectivity index (χ0n) is 23.9. The van der Waals surface area contributed by atoms with Crippen LogP contribution in [0.3, 0.4) is 0 Å². The first-order valence-electron chi connectivity index (χ1n) is 14.9. The van der Waals surface area contributed by atoms with E-state index in [-0.39, 0.29) is 17.4 Å². The SMILES string of the molecule is CC1=CCc2ccc(NC(=O)C3CCCN(C(=O)c4c(C)cccc4F)[C@H]3c3ccc(NC4CCCC4)cc3)cc21. The fourth-order valence-corrected chi connectivity index (χ4v) is 6.85. The number of anilines is 2. The van der Waals surface area contributed by atoms with Gasteiger partial charge in [-0.3, -0.25) is 9.59 Å². The van der Waals surface area contributed by atoms with Crippen molar-refractivity contribution >= 4 is 28.8 Å². The van der Waals surface area contributed by atoms with Crippen LogP contribution in [0.15, 0.2) is 66.7 Å². The maximum Gasteiger partial charge on any atom is 0.257 e. The third-order valence-electron chi connectivity index (χ3n) is 9.07. The number of amides is 2. The van der Waals surface area contributed by atoms with E-state index in [9.17, 15) is 14.0 Å². The number of hydrogen-bond donors (Lipinski definition) is 2. The van der Waals surface area contributed by atoms with Crippen LogP contribution in [0, 0.1) is 18.7 Å². The number of nitrogens with zero attached hydrogens (tertiary/aromatic N) is 1. The number of halogens is 1. The predicted molar refractivity (Wildman–Crippen MR) is 162 cm³/mol. The van der Waals surface area contributed by atoms with Crippen molar-refractivity contribution in [2.45, 2.75) is 70.9 Å². The Morgan fingerprint density at radius 3 is 2.41 bits per heavy atom. The van der Waals surface area contributed by atoms with Crippen LogP contribution >= 0.6 is 0 Å². The standard InChI is InChI=1S/C35H38FN3O2/c1-22-12-13-24-14-19-28(21-30(22)24)38-34(40)29-10-6-20-39(35(41)32-23(2)7-5-11-31(32)36)33(29)25-15-17-27(18-16-25)37-26-8-3-4-9-26/h5,7,11-12,14-19,21,26,29,33,37H,3-4,6,8-10,13,20H2,1-2H3,(H,38,40)/t29?,33-/m0/s1. The summed E-state index contributed by atoms with van der Waals surface area (Å²) in [4.78, 5) is 29.6. The highest BCUT2D eigenvalue weighted by Gasteiger charge is 2.40. The molecule has 0 spiro atoms. The van der Waals surface area contributed by atoms with E-state index in [1.807, 2.05) is 36.4 Å². The molecule has 1 unspecified atom stereocenters. The summed E-state index contributed by atoms with van der Waals surface area (Å²) in [5.74, 6) is -1.49. The molecule has 1 aliphatic heterocycles. The van der Waals surface area contributed by atoms with Crippen molar-refractivity contribution in [2.75, 3.05) is 17.2 Å². The van der Waals surface area contributed by atoms with Gasteiger partial charge in [0.2, 0.25) is 5.91 Å². The van der Waals surface area contributed by atoms with Crippen molar-refractivity contribution in [3.8, 4) is 0 Å². The number of likely N-dealkylation sites (tertiary alicyclic amines) is 1. The van der Waals surface area contributed by atoms with Gasteiger partial charge in [-0.25, -0.2) is 4.39 Å². The van der Waals surface area contributed by atoms with E-state index in [0.29, 0.717) is 31.0 Å². The Morgan fingerprint density at radius 2 is 1.66 bits per heavy atom. The van der Waals surface area contributed by atoms with E-state index < -0.39 is 17.8 Å². The first-order chi connectivity index (χ1) is 19.9. The molecular weight excluding hydrogens is 513 g/mol. The van der Waals surface area contributed by atoms with Crippen LogP contribution in [-0.4, -0.2) is 29.3 Å². The quantitative estimate of drug-likeness (QED) is 0.330. The maximum absolute atomic E-state index is 15.0. The van der Waals surface area contributed by atoms with Gasteiger partial charge in [0.25, 0.3) is 5.91 Å². The average Bonchev–Trinajstić information content (AvgIpc) is 3.62. The topological polar surface area (TPSA) is 61.4 Å². The Hall–Kier alpha value is -3.93. The Labute approximate surface area is 241 Å². The molecule has 2 N–H and O–H groups in total. The number of hydrogen-bond acceptors (Lipinski definition) is 3. The van der Waals surface area contributed by atoms with Gasteiger partial charge >= 0.3 is 0 Å². The number of piperidine rings is 1. The molecule has 1 saturated carbocycles. The van der Waals surface area contributed by atoms with Crippen LogP contribution in [0.2, 0.25) is 0 Å². The van der Waals surface area contributed by atoms with E-state index >= 15 is 0 Å². The van der Waals surface area contributed by atoms with E-state index in [1.165, 1.54) is 48.4 Å². The molecule has 5 nitrogen and oxygen atoms in total. The second-order valence-corrected chi connectivity index (χ2v) is 11.8. The largest absolute Gasteiger partial charge is 0.382 e. The van der Waals surface area contributed by atoms with Crippen molar-refractivity contribution < 1.29 is 14.0 Å². The molecule has 2 fully saturated rings. The minimum Gasteiger partial charge on any atom is -0.382 e.